The third-order valence-corrected chi connectivity index (χ3v) is 3.14. The number of nitrogens with zero attached hydrogens (tertiary/aromatic N) is 2. The van der Waals surface area contributed by atoms with Gasteiger partial charge in [-0.3, -0.25) is 9.78 Å². The Morgan fingerprint density at radius 1 is 0.810 bits per heavy atom. The molecule has 1 aromatic heterocycles. The Hall–Kier alpha value is -3.01. The SMILES string of the molecule is O=Cc1ccc(-c2cncc(-c3ccc(O)cc3)n2)cc1. The monoisotopic (exact) mass is 276 g/mol. The first-order chi connectivity index (χ1) is 10.3. The first kappa shape index (κ1) is 13.0. The van der Waals surface area contributed by atoms with E-state index in [0.717, 1.165) is 28.8 Å². The number of benzene rings is 2. The quantitative estimate of drug-likeness (QED) is 0.745. The molecule has 0 atom stereocenters. The summed E-state index contributed by atoms with van der Waals surface area (Å²) in [7, 11) is 0. The zero-order chi connectivity index (χ0) is 14.7. The van der Waals surface area contributed by atoms with Gasteiger partial charge >= 0.3 is 0 Å². The van der Waals surface area contributed by atoms with Crippen molar-refractivity contribution in [3.63, 3.8) is 0 Å². The highest BCUT2D eigenvalue weighted by atomic mass is 16.3. The van der Waals surface area contributed by atoms with Gasteiger partial charge in [0, 0.05) is 16.7 Å². The third-order valence-electron chi connectivity index (χ3n) is 3.14. The molecule has 0 saturated carbocycles. The molecular formula is C17H12N2O2. The van der Waals surface area contributed by atoms with Crippen LogP contribution in [0.4, 0.5) is 0 Å². The van der Waals surface area contributed by atoms with E-state index in [1.54, 1.807) is 48.8 Å². The standard InChI is InChI=1S/C17H12N2O2/c20-11-12-1-3-13(4-2-12)16-9-18-10-17(19-16)14-5-7-15(21)8-6-14/h1-11,21H. The highest BCUT2D eigenvalue weighted by Gasteiger charge is 2.04. The molecule has 0 fully saturated rings. The summed E-state index contributed by atoms with van der Waals surface area (Å²) in [5.74, 6) is 0.215. The van der Waals surface area contributed by atoms with E-state index in [1.807, 2.05) is 12.1 Å². The molecule has 0 aliphatic rings. The molecule has 0 radical (unpaired) electrons. The smallest absolute Gasteiger partial charge is 0.150 e. The van der Waals surface area contributed by atoms with E-state index in [9.17, 15) is 9.90 Å². The van der Waals surface area contributed by atoms with Crippen LogP contribution in [0, 0.1) is 0 Å². The molecule has 0 aliphatic carbocycles. The molecule has 0 spiro atoms. The largest absolute Gasteiger partial charge is 0.508 e. The molecule has 0 saturated heterocycles. The lowest BCUT2D eigenvalue weighted by atomic mass is 10.1. The van der Waals surface area contributed by atoms with Crippen LogP contribution >= 0.6 is 0 Å². The number of phenols is 1. The zero-order valence-corrected chi connectivity index (χ0v) is 11.1. The average molecular weight is 276 g/mol. The van der Waals surface area contributed by atoms with Crippen molar-refractivity contribution in [1.29, 1.82) is 0 Å². The average Bonchev–Trinajstić information content (AvgIpc) is 2.56. The molecule has 4 heteroatoms. The molecular weight excluding hydrogens is 264 g/mol. The molecule has 1 heterocycles. The maximum Gasteiger partial charge on any atom is 0.150 e. The van der Waals surface area contributed by atoms with Crippen molar-refractivity contribution >= 4 is 6.29 Å². The van der Waals surface area contributed by atoms with E-state index in [0.29, 0.717) is 5.56 Å². The van der Waals surface area contributed by atoms with Gasteiger partial charge in [0.25, 0.3) is 0 Å². The van der Waals surface area contributed by atoms with Gasteiger partial charge in [0.2, 0.25) is 0 Å². The number of hydrogen-bond acceptors (Lipinski definition) is 4. The molecule has 0 bridgehead atoms. The second kappa shape index (κ2) is 5.54. The molecule has 4 nitrogen and oxygen atoms in total. The van der Waals surface area contributed by atoms with Crippen molar-refractivity contribution in [3.05, 3.63) is 66.5 Å². The molecule has 3 aromatic rings. The number of carbonyl (C=O) groups excluding carboxylic acids is 1. The van der Waals surface area contributed by atoms with Crippen LogP contribution < -0.4 is 0 Å². The van der Waals surface area contributed by atoms with Crippen LogP contribution in [-0.4, -0.2) is 21.4 Å². The lowest BCUT2D eigenvalue weighted by Crippen LogP contribution is -1.90. The van der Waals surface area contributed by atoms with Gasteiger partial charge in [0.1, 0.15) is 12.0 Å². The van der Waals surface area contributed by atoms with Crippen molar-refractivity contribution in [2.24, 2.45) is 0 Å². The van der Waals surface area contributed by atoms with Gasteiger partial charge in [-0.05, 0) is 24.3 Å². The fourth-order valence-corrected chi connectivity index (χ4v) is 2.01. The first-order valence-electron chi connectivity index (χ1n) is 6.43. The summed E-state index contributed by atoms with van der Waals surface area (Å²) in [6, 6.07) is 14.0. The van der Waals surface area contributed by atoms with Crippen molar-refractivity contribution in [3.8, 4) is 28.3 Å². The number of phenolic OH excluding ortho intramolecular Hbond substituents is 1. The highest BCUT2D eigenvalue weighted by molar-refractivity contribution is 5.76. The minimum absolute atomic E-state index is 0.215. The Morgan fingerprint density at radius 2 is 1.33 bits per heavy atom. The van der Waals surface area contributed by atoms with Crippen molar-refractivity contribution in [1.82, 2.24) is 9.97 Å². The van der Waals surface area contributed by atoms with Gasteiger partial charge in [-0.2, -0.15) is 0 Å². The number of aldehydes is 1. The fourth-order valence-electron chi connectivity index (χ4n) is 2.01. The van der Waals surface area contributed by atoms with Gasteiger partial charge in [-0.1, -0.05) is 24.3 Å². The Morgan fingerprint density at radius 3 is 1.86 bits per heavy atom. The third kappa shape index (κ3) is 2.79. The van der Waals surface area contributed by atoms with E-state index in [1.165, 1.54) is 0 Å². The molecule has 1 N–H and O–H groups in total. The fraction of sp³-hybridized carbons (Fsp3) is 0. The van der Waals surface area contributed by atoms with Crippen molar-refractivity contribution in [2.45, 2.75) is 0 Å². The van der Waals surface area contributed by atoms with Gasteiger partial charge in [0.15, 0.2) is 0 Å². The van der Waals surface area contributed by atoms with E-state index >= 15 is 0 Å². The van der Waals surface area contributed by atoms with Crippen LogP contribution in [0.15, 0.2) is 60.9 Å². The zero-order valence-electron chi connectivity index (χ0n) is 11.1. The molecule has 21 heavy (non-hydrogen) atoms. The lowest BCUT2D eigenvalue weighted by molar-refractivity contribution is 0.112. The summed E-state index contributed by atoms with van der Waals surface area (Å²) in [4.78, 5) is 19.4. The van der Waals surface area contributed by atoms with E-state index < -0.39 is 0 Å². The highest BCUT2D eigenvalue weighted by Crippen LogP contribution is 2.23. The molecule has 2 aromatic carbocycles. The Bertz CT molecular complexity index is 766. The Balaban J connectivity index is 1.99. The minimum atomic E-state index is 0.215. The van der Waals surface area contributed by atoms with Gasteiger partial charge < -0.3 is 5.11 Å². The second-order valence-corrected chi connectivity index (χ2v) is 4.58. The van der Waals surface area contributed by atoms with Crippen LogP contribution in [0.5, 0.6) is 5.75 Å². The predicted octanol–water partition coefficient (Wildman–Crippen LogP) is 3.33. The van der Waals surface area contributed by atoms with Crippen LogP contribution in [0.1, 0.15) is 10.4 Å². The summed E-state index contributed by atoms with van der Waals surface area (Å²) in [5, 5.41) is 9.32. The summed E-state index contributed by atoms with van der Waals surface area (Å²) in [6.45, 7) is 0. The maximum absolute atomic E-state index is 10.7. The first-order valence-corrected chi connectivity index (χ1v) is 6.43. The Labute approximate surface area is 121 Å². The maximum atomic E-state index is 10.7. The van der Waals surface area contributed by atoms with Gasteiger partial charge in [-0.25, -0.2) is 4.98 Å². The number of hydrogen-bond donors (Lipinski definition) is 1. The molecule has 0 aliphatic heterocycles. The van der Waals surface area contributed by atoms with Crippen LogP contribution in [0.3, 0.4) is 0 Å². The van der Waals surface area contributed by atoms with Crippen molar-refractivity contribution < 1.29 is 9.90 Å². The van der Waals surface area contributed by atoms with Crippen molar-refractivity contribution in [2.75, 3.05) is 0 Å². The van der Waals surface area contributed by atoms with Crippen LogP contribution in [0.25, 0.3) is 22.5 Å². The minimum Gasteiger partial charge on any atom is -0.508 e. The number of aromatic nitrogens is 2. The predicted molar refractivity (Wildman–Crippen MR) is 80.0 cm³/mol. The van der Waals surface area contributed by atoms with E-state index in [-0.39, 0.29) is 5.75 Å². The van der Waals surface area contributed by atoms with E-state index in [2.05, 4.69) is 9.97 Å². The topological polar surface area (TPSA) is 63.1 Å². The summed E-state index contributed by atoms with van der Waals surface area (Å²) in [5.41, 5.74) is 3.87. The van der Waals surface area contributed by atoms with Gasteiger partial charge in [-0.15, -0.1) is 0 Å². The Kier molecular flexibility index (Phi) is 3.43. The lowest BCUT2D eigenvalue weighted by Gasteiger charge is -2.05. The summed E-state index contributed by atoms with van der Waals surface area (Å²) in [6.07, 6.45) is 4.16. The number of aromatic hydroxyl groups is 1. The molecule has 102 valence electrons. The van der Waals surface area contributed by atoms with Crippen LogP contribution in [0.2, 0.25) is 0 Å². The summed E-state index contributed by atoms with van der Waals surface area (Å²) >= 11 is 0. The normalized spacial score (nSPS) is 10.3. The number of rotatable bonds is 3. The molecule has 0 amide bonds. The summed E-state index contributed by atoms with van der Waals surface area (Å²) < 4.78 is 0. The van der Waals surface area contributed by atoms with Gasteiger partial charge in [0.05, 0.1) is 23.8 Å². The number of carbonyl (C=O) groups is 1. The molecule has 0 unspecified atom stereocenters. The second-order valence-electron chi connectivity index (χ2n) is 4.58. The van der Waals surface area contributed by atoms with E-state index in [4.69, 9.17) is 0 Å². The molecule has 3 rings (SSSR count). The van der Waals surface area contributed by atoms with Crippen LogP contribution in [-0.2, 0) is 0 Å².